The predicted molar refractivity (Wildman–Crippen MR) is 116 cm³/mol. The van der Waals surface area contributed by atoms with Gasteiger partial charge >= 0.3 is 0 Å². The molecule has 1 aliphatic rings. The topological polar surface area (TPSA) is 29.8 Å². The largest absolute Gasteiger partial charge is 1.00 e. The van der Waals surface area contributed by atoms with E-state index in [0.29, 0.717) is 0 Å². The number of nitrogens with zero attached hydrogens (tertiary/aromatic N) is 3. The molecule has 1 saturated heterocycles. The molecule has 29 heavy (non-hydrogen) atoms. The molecule has 0 aliphatic carbocycles. The number of aromatic nitrogens is 1. The van der Waals surface area contributed by atoms with Crippen LogP contribution in [0, 0.1) is 13.8 Å². The van der Waals surface area contributed by atoms with Gasteiger partial charge in [0.1, 0.15) is 0 Å². The van der Waals surface area contributed by atoms with Crippen LogP contribution >= 0.6 is 11.3 Å². The second-order valence-corrected chi connectivity index (χ2v) is 8.11. The van der Waals surface area contributed by atoms with E-state index in [4.69, 9.17) is 9.73 Å². The van der Waals surface area contributed by atoms with Crippen molar-refractivity contribution in [3.8, 4) is 11.3 Å². The Morgan fingerprint density at radius 3 is 2.48 bits per heavy atom. The molecule has 0 radical (unpaired) electrons. The maximum atomic E-state index is 5.49. The van der Waals surface area contributed by atoms with Gasteiger partial charge in [0.15, 0.2) is 4.80 Å². The third kappa shape index (κ3) is 5.45. The molecule has 3 aromatic rings. The van der Waals surface area contributed by atoms with Crippen LogP contribution in [0.3, 0.4) is 0 Å². The van der Waals surface area contributed by atoms with Crippen molar-refractivity contribution in [2.24, 2.45) is 4.99 Å². The highest BCUT2D eigenvalue weighted by Crippen LogP contribution is 2.22. The summed E-state index contributed by atoms with van der Waals surface area (Å²) in [7, 11) is 0. The van der Waals surface area contributed by atoms with Crippen molar-refractivity contribution < 1.29 is 21.7 Å². The molecule has 0 amide bonds. The molecule has 0 spiro atoms. The van der Waals surface area contributed by atoms with Gasteiger partial charge in [-0.15, -0.1) is 11.3 Å². The quantitative estimate of drug-likeness (QED) is 0.561. The van der Waals surface area contributed by atoms with Crippen molar-refractivity contribution >= 4 is 17.0 Å². The third-order valence-electron chi connectivity index (χ3n) is 5.18. The molecule has 1 aromatic heterocycles. The van der Waals surface area contributed by atoms with Crippen LogP contribution in [0.25, 0.3) is 11.3 Å². The second-order valence-electron chi connectivity index (χ2n) is 7.28. The van der Waals surface area contributed by atoms with Crippen molar-refractivity contribution in [2.75, 3.05) is 32.8 Å². The van der Waals surface area contributed by atoms with E-state index >= 15 is 0 Å². The second kappa shape index (κ2) is 10.3. The van der Waals surface area contributed by atoms with E-state index < -0.39 is 0 Å². The molecule has 2 aromatic carbocycles. The average molecular weight is 473 g/mol. The van der Waals surface area contributed by atoms with Crippen LogP contribution in [-0.2, 0) is 11.3 Å². The summed E-state index contributed by atoms with van der Waals surface area (Å²) in [5, 5.41) is 2.23. The molecule has 154 valence electrons. The molecular formula is C23H27BrN3OS-. The van der Waals surface area contributed by atoms with Crippen molar-refractivity contribution in [1.29, 1.82) is 0 Å². The highest BCUT2D eigenvalue weighted by molar-refractivity contribution is 7.07. The summed E-state index contributed by atoms with van der Waals surface area (Å²) in [6.45, 7) is 9.88. The Labute approximate surface area is 187 Å². The Morgan fingerprint density at radius 1 is 1.00 bits per heavy atom. The molecule has 6 heteroatoms. The van der Waals surface area contributed by atoms with E-state index in [1.807, 2.05) is 0 Å². The first-order chi connectivity index (χ1) is 13.7. The number of aryl methyl sites for hydroxylation is 2. The fourth-order valence-corrected chi connectivity index (χ4v) is 4.52. The molecule has 1 fully saturated rings. The van der Waals surface area contributed by atoms with Crippen LogP contribution < -0.4 is 21.8 Å². The van der Waals surface area contributed by atoms with Gasteiger partial charge in [-0.25, -0.2) is 4.99 Å². The normalized spacial score (nSPS) is 15.3. The van der Waals surface area contributed by atoms with Crippen LogP contribution in [0.5, 0.6) is 0 Å². The Morgan fingerprint density at radius 2 is 1.76 bits per heavy atom. The number of hydrogen-bond donors (Lipinski definition) is 0. The van der Waals surface area contributed by atoms with Gasteiger partial charge in [0.25, 0.3) is 0 Å². The minimum atomic E-state index is 0. The lowest BCUT2D eigenvalue weighted by atomic mass is 10.1. The van der Waals surface area contributed by atoms with Gasteiger partial charge in [0.2, 0.25) is 0 Å². The van der Waals surface area contributed by atoms with Gasteiger partial charge in [-0.1, -0.05) is 48.0 Å². The molecule has 0 saturated carbocycles. The number of ether oxygens (including phenoxy) is 1. The molecule has 0 unspecified atom stereocenters. The summed E-state index contributed by atoms with van der Waals surface area (Å²) in [6.07, 6.45) is 0. The molecule has 0 atom stereocenters. The summed E-state index contributed by atoms with van der Waals surface area (Å²) in [5.74, 6) is 0. The number of morpholine rings is 1. The van der Waals surface area contributed by atoms with Gasteiger partial charge < -0.3 is 26.3 Å². The smallest absolute Gasteiger partial charge is 0.190 e. The van der Waals surface area contributed by atoms with Crippen LogP contribution in [-0.4, -0.2) is 42.3 Å². The van der Waals surface area contributed by atoms with Crippen molar-refractivity contribution in [1.82, 2.24) is 9.47 Å². The zero-order valence-electron chi connectivity index (χ0n) is 17.0. The first-order valence-corrected chi connectivity index (χ1v) is 10.7. The molecule has 2 heterocycles. The average Bonchev–Trinajstić information content (AvgIpc) is 3.12. The Hall–Kier alpha value is -1.73. The standard InChI is InChI=1S/C23H27N3OS.BrH/c1-18-8-9-21(19(2)16-18)24-23-26(11-10-25-12-14-27-15-13-25)22(17-28-23)20-6-4-3-5-7-20;/h3-9,16-17H,10-15H2,1-2H3;1H/p-1. The molecule has 4 nitrogen and oxygen atoms in total. The maximum Gasteiger partial charge on any atom is 0.190 e. The van der Waals surface area contributed by atoms with E-state index in [1.165, 1.54) is 22.4 Å². The Balaban J connectivity index is 0.00000240. The minimum Gasteiger partial charge on any atom is -1.00 e. The highest BCUT2D eigenvalue weighted by atomic mass is 79.9. The summed E-state index contributed by atoms with van der Waals surface area (Å²) in [5.41, 5.74) is 6.01. The number of benzene rings is 2. The van der Waals surface area contributed by atoms with Crippen LogP contribution in [0.2, 0.25) is 0 Å². The molecule has 0 bridgehead atoms. The van der Waals surface area contributed by atoms with Crippen LogP contribution in [0.15, 0.2) is 58.9 Å². The zero-order valence-corrected chi connectivity index (χ0v) is 19.4. The predicted octanol–water partition coefficient (Wildman–Crippen LogP) is 1.40. The van der Waals surface area contributed by atoms with Crippen molar-refractivity contribution in [3.05, 3.63) is 69.8 Å². The van der Waals surface area contributed by atoms with Gasteiger partial charge in [-0.2, -0.15) is 0 Å². The van der Waals surface area contributed by atoms with Crippen molar-refractivity contribution in [3.63, 3.8) is 0 Å². The number of rotatable bonds is 5. The SMILES string of the molecule is Cc1ccc(N=c2scc(-c3ccccc3)n2CCN2CCOCC2)c(C)c1.[Br-]. The third-order valence-corrected chi connectivity index (χ3v) is 6.04. The van der Waals surface area contributed by atoms with Gasteiger partial charge in [0, 0.05) is 31.6 Å². The summed E-state index contributed by atoms with van der Waals surface area (Å²) in [4.78, 5) is 8.56. The first-order valence-electron chi connectivity index (χ1n) is 9.86. The summed E-state index contributed by atoms with van der Waals surface area (Å²) >= 11 is 1.72. The van der Waals surface area contributed by atoms with Gasteiger partial charge in [0.05, 0.1) is 24.6 Å². The molecule has 1 aliphatic heterocycles. The van der Waals surface area contributed by atoms with E-state index in [9.17, 15) is 0 Å². The van der Waals surface area contributed by atoms with Crippen molar-refractivity contribution in [2.45, 2.75) is 20.4 Å². The van der Waals surface area contributed by atoms with E-state index in [2.05, 4.69) is 77.2 Å². The number of hydrogen-bond acceptors (Lipinski definition) is 4. The Kier molecular flexibility index (Phi) is 7.84. The number of halogens is 1. The van der Waals surface area contributed by atoms with Crippen LogP contribution in [0.1, 0.15) is 11.1 Å². The number of thiazole rings is 1. The lowest BCUT2D eigenvalue weighted by Crippen LogP contribution is -3.00. The zero-order chi connectivity index (χ0) is 19.3. The van der Waals surface area contributed by atoms with E-state index in [0.717, 1.165) is 49.9 Å². The highest BCUT2D eigenvalue weighted by Gasteiger charge is 2.13. The van der Waals surface area contributed by atoms with Gasteiger partial charge in [-0.05, 0) is 31.0 Å². The molecular weight excluding hydrogens is 446 g/mol. The Bertz CT molecular complexity index is 991. The fraction of sp³-hybridized carbons (Fsp3) is 0.348. The summed E-state index contributed by atoms with van der Waals surface area (Å²) < 4.78 is 7.86. The van der Waals surface area contributed by atoms with E-state index in [-0.39, 0.29) is 17.0 Å². The molecule has 4 rings (SSSR count). The maximum absolute atomic E-state index is 5.49. The molecule has 0 N–H and O–H groups in total. The minimum absolute atomic E-state index is 0. The van der Waals surface area contributed by atoms with E-state index in [1.54, 1.807) is 11.3 Å². The van der Waals surface area contributed by atoms with Gasteiger partial charge in [-0.3, -0.25) is 4.90 Å². The lowest BCUT2D eigenvalue weighted by molar-refractivity contribution is -0.00000734. The fourth-order valence-electron chi connectivity index (χ4n) is 3.57. The monoisotopic (exact) mass is 472 g/mol. The van der Waals surface area contributed by atoms with Crippen LogP contribution in [0.4, 0.5) is 5.69 Å². The summed E-state index contributed by atoms with van der Waals surface area (Å²) in [6, 6.07) is 17.1. The lowest BCUT2D eigenvalue weighted by Gasteiger charge is -2.26. The first kappa shape index (κ1) is 22.0.